The first-order chi connectivity index (χ1) is 16.0. The predicted molar refractivity (Wildman–Crippen MR) is 142 cm³/mol. The van der Waals surface area contributed by atoms with E-state index in [2.05, 4.69) is 5.09 Å². The summed E-state index contributed by atoms with van der Waals surface area (Å²) in [5.74, 6) is 3.84. The molecule has 0 radical (unpaired) electrons. The van der Waals surface area contributed by atoms with Crippen molar-refractivity contribution >= 4 is 57.0 Å². The maximum atomic E-state index is 14.3. The van der Waals surface area contributed by atoms with E-state index >= 15 is 0 Å². The van der Waals surface area contributed by atoms with E-state index < -0.39 is 7.29 Å². The lowest BCUT2D eigenvalue weighted by molar-refractivity contribution is 0.420. The highest BCUT2D eigenvalue weighted by Gasteiger charge is 2.21. The summed E-state index contributed by atoms with van der Waals surface area (Å²) >= 11 is 13.2. The Balaban J connectivity index is 1.83. The van der Waals surface area contributed by atoms with Crippen molar-refractivity contribution in [3.63, 3.8) is 0 Å². The number of anilines is 1. The first kappa shape index (κ1) is 23.2. The van der Waals surface area contributed by atoms with Crippen molar-refractivity contribution in [2.75, 3.05) is 12.2 Å². The number of hydrogen-bond donors (Lipinski definition) is 1. The Kier molecular flexibility index (Phi) is 7.25. The quantitative estimate of drug-likeness (QED) is 0.261. The Labute approximate surface area is 203 Å². The molecule has 33 heavy (non-hydrogen) atoms. The fraction of sp³-hybridized carbons (Fsp3) is 0.0370. The predicted octanol–water partition coefficient (Wildman–Crippen LogP) is 9.01. The van der Waals surface area contributed by atoms with Gasteiger partial charge in [-0.2, -0.15) is 0 Å². The van der Waals surface area contributed by atoms with Gasteiger partial charge < -0.3 is 9.82 Å². The first-order valence-corrected chi connectivity index (χ1v) is 12.9. The maximum absolute atomic E-state index is 14.3. The minimum absolute atomic E-state index is 0.373. The van der Waals surface area contributed by atoms with Crippen molar-refractivity contribution in [1.29, 1.82) is 0 Å². The molecule has 0 amide bonds. The van der Waals surface area contributed by atoms with Gasteiger partial charge in [-0.3, -0.25) is 4.57 Å². The van der Waals surface area contributed by atoms with Crippen LogP contribution in [0.5, 0.6) is 5.75 Å². The van der Waals surface area contributed by atoms with Gasteiger partial charge in [0.15, 0.2) is 0 Å². The molecular weight excluding hydrogens is 472 g/mol. The van der Waals surface area contributed by atoms with E-state index in [1.54, 1.807) is 18.7 Å². The summed E-state index contributed by atoms with van der Waals surface area (Å²) in [6.45, 7) is 0. The molecule has 0 spiro atoms. The number of ether oxygens (including phenoxy) is 1. The highest BCUT2D eigenvalue weighted by atomic mass is 35.5. The molecule has 0 saturated carbocycles. The third-order valence-corrected chi connectivity index (χ3v) is 7.94. The maximum Gasteiger partial charge on any atom is 0.216 e. The average molecular weight is 494 g/mol. The normalized spacial score (nSPS) is 14.0. The second kappa shape index (κ2) is 10.3. The number of fused-ring (bicyclic) bond motifs is 1. The Bertz CT molecular complexity index is 1310. The molecule has 166 valence electrons. The van der Waals surface area contributed by atoms with Crippen molar-refractivity contribution in [3.8, 4) is 5.75 Å². The number of halogens is 2. The van der Waals surface area contributed by atoms with Gasteiger partial charge in [0.25, 0.3) is 0 Å². The van der Waals surface area contributed by atoms with Crippen LogP contribution in [0.25, 0.3) is 20.8 Å². The van der Waals surface area contributed by atoms with E-state index in [-0.39, 0.29) is 0 Å². The highest BCUT2D eigenvalue weighted by molar-refractivity contribution is 7.72. The van der Waals surface area contributed by atoms with Gasteiger partial charge in [-0.15, -0.1) is 0 Å². The second-order valence-corrected chi connectivity index (χ2v) is 10.3. The van der Waals surface area contributed by atoms with Crippen molar-refractivity contribution in [1.82, 2.24) is 0 Å². The summed E-state index contributed by atoms with van der Waals surface area (Å²) in [6.07, 6.45) is 0. The van der Waals surface area contributed by atoms with Crippen LogP contribution in [0.4, 0.5) is 5.69 Å². The van der Waals surface area contributed by atoms with Crippen LogP contribution >= 0.6 is 30.5 Å². The number of hydrogen-bond acceptors (Lipinski definition) is 2. The van der Waals surface area contributed by atoms with Gasteiger partial charge >= 0.3 is 0 Å². The van der Waals surface area contributed by atoms with Crippen LogP contribution in [0, 0.1) is 0 Å². The summed E-state index contributed by atoms with van der Waals surface area (Å²) < 4.78 is 19.8. The minimum atomic E-state index is -3.39. The smallest absolute Gasteiger partial charge is 0.216 e. The third-order valence-electron chi connectivity index (χ3n) is 5.11. The molecule has 0 heterocycles. The lowest BCUT2D eigenvalue weighted by atomic mass is 10.1. The summed E-state index contributed by atoms with van der Waals surface area (Å²) in [5.41, 5.74) is 2.23. The molecule has 4 rings (SSSR count). The minimum Gasteiger partial charge on any atom is -0.496 e. The lowest BCUT2D eigenvalue weighted by Gasteiger charge is -2.18. The van der Waals surface area contributed by atoms with Crippen LogP contribution in [-0.4, -0.2) is 7.11 Å². The molecule has 4 aromatic carbocycles. The molecule has 3 nitrogen and oxygen atoms in total. The molecule has 6 heteroatoms. The molecule has 1 atom stereocenters. The number of methoxy groups -OCH3 is 1. The first-order valence-electron chi connectivity index (χ1n) is 10.3. The van der Waals surface area contributed by atoms with Crippen LogP contribution in [0.15, 0.2) is 109 Å². The summed E-state index contributed by atoms with van der Waals surface area (Å²) in [4.78, 5) is 0. The largest absolute Gasteiger partial charge is 0.496 e. The molecular formula is C27H22Cl2NO2P. The SMILES string of the molecule is COc1ccc(NP(=O)(/C=C(\Cl)c2ccccc2)/C=C(/Cl)c2ccccc2)c2ccccc12. The standard InChI is InChI=1S/C27H22Cl2NO2P/c1-32-27-17-16-26(22-14-8-9-15-23(22)27)30-33(31,18-24(28)20-10-4-2-5-11-20)19-25(29)21-12-6-3-7-13-21/h2-19H,1H3,(H,30,31)/b24-18-,25-19+. The van der Waals surface area contributed by atoms with Crippen molar-refractivity contribution in [2.24, 2.45) is 0 Å². The summed E-state index contributed by atoms with van der Waals surface area (Å²) in [5, 5.41) is 5.77. The number of nitrogens with one attached hydrogen (secondary N) is 1. The summed E-state index contributed by atoms with van der Waals surface area (Å²) in [6, 6.07) is 30.3. The van der Waals surface area contributed by atoms with Crippen LogP contribution < -0.4 is 9.82 Å². The lowest BCUT2D eigenvalue weighted by Crippen LogP contribution is -1.96. The molecule has 0 bridgehead atoms. The number of benzene rings is 4. The van der Waals surface area contributed by atoms with E-state index in [1.807, 2.05) is 97.1 Å². The van der Waals surface area contributed by atoms with E-state index in [0.29, 0.717) is 15.8 Å². The van der Waals surface area contributed by atoms with E-state index in [4.69, 9.17) is 27.9 Å². The molecule has 1 N–H and O–H groups in total. The monoisotopic (exact) mass is 493 g/mol. The average Bonchev–Trinajstić information content (AvgIpc) is 2.85. The van der Waals surface area contributed by atoms with Gasteiger partial charge in [0.2, 0.25) is 7.29 Å². The van der Waals surface area contributed by atoms with Crippen LogP contribution in [0.1, 0.15) is 11.1 Å². The van der Waals surface area contributed by atoms with Gasteiger partial charge in [0.1, 0.15) is 5.75 Å². The van der Waals surface area contributed by atoms with Gasteiger partial charge in [-0.25, -0.2) is 0 Å². The zero-order valence-corrected chi connectivity index (χ0v) is 20.3. The molecule has 0 saturated heterocycles. The molecule has 1 unspecified atom stereocenters. The van der Waals surface area contributed by atoms with Gasteiger partial charge in [0, 0.05) is 28.1 Å². The summed E-state index contributed by atoms with van der Waals surface area (Å²) in [7, 11) is -1.76. The van der Waals surface area contributed by atoms with E-state index in [9.17, 15) is 4.57 Å². The fourth-order valence-corrected chi connectivity index (χ4v) is 6.39. The Morgan fingerprint density at radius 2 is 1.21 bits per heavy atom. The molecule has 0 fully saturated rings. The highest BCUT2D eigenvalue weighted by Crippen LogP contribution is 2.54. The third kappa shape index (κ3) is 5.51. The van der Waals surface area contributed by atoms with E-state index in [1.165, 1.54) is 0 Å². The molecule has 0 aromatic heterocycles. The molecule has 0 aliphatic heterocycles. The molecule has 4 aromatic rings. The number of rotatable bonds is 7. The Morgan fingerprint density at radius 3 is 1.73 bits per heavy atom. The Hall–Kier alpha value is -2.97. The van der Waals surface area contributed by atoms with Gasteiger partial charge in [-0.1, -0.05) is 108 Å². The van der Waals surface area contributed by atoms with Crippen LogP contribution in [-0.2, 0) is 4.57 Å². The second-order valence-electron chi connectivity index (χ2n) is 7.37. The zero-order chi connectivity index (χ0) is 23.3. The topological polar surface area (TPSA) is 38.3 Å². The Morgan fingerprint density at radius 1 is 0.727 bits per heavy atom. The van der Waals surface area contributed by atoms with Crippen LogP contribution in [0.3, 0.4) is 0 Å². The van der Waals surface area contributed by atoms with Crippen molar-refractivity contribution in [3.05, 3.63) is 120 Å². The van der Waals surface area contributed by atoms with Crippen molar-refractivity contribution in [2.45, 2.75) is 0 Å². The fourth-order valence-electron chi connectivity index (χ4n) is 3.52. The van der Waals surface area contributed by atoms with Gasteiger partial charge in [-0.05, 0) is 23.3 Å². The van der Waals surface area contributed by atoms with Gasteiger partial charge in [0.05, 0.1) is 17.2 Å². The molecule has 0 aliphatic carbocycles. The molecule has 0 aliphatic rings. The van der Waals surface area contributed by atoms with Crippen molar-refractivity contribution < 1.29 is 9.30 Å². The van der Waals surface area contributed by atoms with Crippen LogP contribution in [0.2, 0.25) is 0 Å². The van der Waals surface area contributed by atoms with E-state index in [0.717, 1.165) is 27.6 Å². The zero-order valence-electron chi connectivity index (χ0n) is 17.9.